The van der Waals surface area contributed by atoms with Gasteiger partial charge in [-0.25, -0.2) is 0 Å². The molecule has 0 saturated carbocycles. The van der Waals surface area contributed by atoms with Crippen LogP contribution in [-0.2, 0) is 4.74 Å². The van der Waals surface area contributed by atoms with Crippen LogP contribution in [0.2, 0.25) is 0 Å². The predicted molar refractivity (Wildman–Crippen MR) is 54.3 cm³/mol. The second-order valence-corrected chi connectivity index (χ2v) is 3.88. The highest BCUT2D eigenvalue weighted by Crippen LogP contribution is 2.16. The summed E-state index contributed by atoms with van der Waals surface area (Å²) >= 11 is 5.42. The van der Waals surface area contributed by atoms with Crippen LogP contribution in [0.5, 0.6) is 0 Å². The van der Waals surface area contributed by atoms with Crippen LogP contribution >= 0.6 is 11.6 Å². The molecule has 0 rings (SSSR count). The van der Waals surface area contributed by atoms with Gasteiger partial charge in [-0.2, -0.15) is 13.2 Å². The minimum atomic E-state index is -4.18. The summed E-state index contributed by atoms with van der Waals surface area (Å²) < 4.78 is 41.4. The van der Waals surface area contributed by atoms with Gasteiger partial charge in [-0.3, -0.25) is 4.90 Å². The Labute approximate surface area is 93.3 Å². The molecule has 0 aromatic carbocycles. The lowest BCUT2D eigenvalue weighted by Gasteiger charge is -2.22. The van der Waals surface area contributed by atoms with Crippen molar-refractivity contribution in [3.8, 4) is 0 Å². The van der Waals surface area contributed by atoms with Crippen LogP contribution in [0.3, 0.4) is 0 Å². The number of ether oxygens (including phenoxy) is 1. The highest BCUT2D eigenvalue weighted by Gasteiger charge is 2.30. The normalized spacial score (nSPS) is 12.8. The summed E-state index contributed by atoms with van der Waals surface area (Å²) in [6, 6.07) is 0. The molecule has 0 saturated heterocycles. The second kappa shape index (κ2) is 7.30. The minimum absolute atomic E-state index is 0.0359. The predicted octanol–water partition coefficient (Wildman–Crippen LogP) is 2.51. The van der Waals surface area contributed by atoms with Gasteiger partial charge in [0.05, 0.1) is 19.3 Å². The van der Waals surface area contributed by atoms with E-state index in [1.54, 1.807) is 0 Å². The average molecular weight is 248 g/mol. The van der Waals surface area contributed by atoms with Gasteiger partial charge in [-0.15, -0.1) is 11.6 Å². The fourth-order valence-corrected chi connectivity index (χ4v) is 1.30. The van der Waals surface area contributed by atoms with Gasteiger partial charge in [-0.05, 0) is 13.8 Å². The summed E-state index contributed by atoms with van der Waals surface area (Å²) in [6.45, 7) is 3.53. The first-order valence-corrected chi connectivity index (χ1v) is 5.35. The molecule has 0 amide bonds. The quantitative estimate of drug-likeness (QED) is 0.641. The first kappa shape index (κ1) is 15.0. The van der Waals surface area contributed by atoms with Crippen LogP contribution in [0.4, 0.5) is 13.2 Å². The number of alkyl halides is 4. The molecular weight excluding hydrogens is 231 g/mol. The number of rotatable bonds is 7. The molecular formula is C9H17ClF3NO. The first-order chi connectivity index (χ1) is 6.85. The molecule has 0 atom stereocenters. The smallest absolute Gasteiger partial charge is 0.377 e. The van der Waals surface area contributed by atoms with Gasteiger partial charge >= 0.3 is 6.18 Å². The van der Waals surface area contributed by atoms with E-state index >= 15 is 0 Å². The van der Waals surface area contributed by atoms with Gasteiger partial charge in [0.15, 0.2) is 0 Å². The summed E-state index contributed by atoms with van der Waals surface area (Å²) in [5.74, 6) is 0.192. The molecule has 0 aliphatic rings. The van der Waals surface area contributed by atoms with E-state index in [0.29, 0.717) is 6.61 Å². The molecule has 0 radical (unpaired) electrons. The molecule has 0 aromatic heterocycles. The van der Waals surface area contributed by atoms with Crippen molar-refractivity contribution in [3.63, 3.8) is 0 Å². The lowest BCUT2D eigenvalue weighted by molar-refractivity contribution is -0.147. The molecule has 0 heterocycles. The van der Waals surface area contributed by atoms with E-state index in [-0.39, 0.29) is 25.1 Å². The number of hydrogen-bond donors (Lipinski definition) is 0. The number of halogens is 4. The molecule has 0 aliphatic carbocycles. The molecule has 0 aromatic rings. The van der Waals surface area contributed by atoms with Gasteiger partial charge in [-0.1, -0.05) is 0 Å². The van der Waals surface area contributed by atoms with Gasteiger partial charge in [0.25, 0.3) is 0 Å². The van der Waals surface area contributed by atoms with Gasteiger partial charge in [0.1, 0.15) is 0 Å². The summed E-state index contributed by atoms with van der Waals surface area (Å²) in [5.41, 5.74) is 0. The highest BCUT2D eigenvalue weighted by molar-refractivity contribution is 6.18. The summed E-state index contributed by atoms with van der Waals surface area (Å²) in [5, 5.41) is 0. The van der Waals surface area contributed by atoms with E-state index in [4.69, 9.17) is 16.3 Å². The zero-order chi connectivity index (χ0) is 11.9. The maximum absolute atomic E-state index is 12.1. The van der Waals surface area contributed by atoms with Crippen molar-refractivity contribution in [1.29, 1.82) is 0 Å². The van der Waals surface area contributed by atoms with Gasteiger partial charge < -0.3 is 4.74 Å². The second-order valence-electron chi connectivity index (χ2n) is 3.50. The Morgan fingerprint density at radius 1 is 1.27 bits per heavy atom. The van der Waals surface area contributed by atoms with Crippen LogP contribution in [0.15, 0.2) is 0 Å². The van der Waals surface area contributed by atoms with Crippen LogP contribution in [0.1, 0.15) is 13.8 Å². The van der Waals surface area contributed by atoms with E-state index < -0.39 is 12.7 Å². The lowest BCUT2D eigenvalue weighted by atomic mass is 10.4. The third-order valence-corrected chi connectivity index (χ3v) is 1.83. The van der Waals surface area contributed by atoms with Crippen molar-refractivity contribution >= 4 is 11.6 Å². The summed E-state index contributed by atoms with van der Waals surface area (Å²) in [4.78, 5) is 1.25. The fraction of sp³-hybridized carbons (Fsp3) is 1.00. The van der Waals surface area contributed by atoms with Crippen molar-refractivity contribution in [3.05, 3.63) is 0 Å². The molecule has 0 aliphatic heterocycles. The molecule has 6 heteroatoms. The lowest BCUT2D eigenvalue weighted by Crippen LogP contribution is -2.38. The molecule has 2 nitrogen and oxygen atoms in total. The van der Waals surface area contributed by atoms with Gasteiger partial charge in [0, 0.05) is 19.0 Å². The molecule has 0 unspecified atom stereocenters. The zero-order valence-corrected chi connectivity index (χ0v) is 9.74. The average Bonchev–Trinajstić information content (AvgIpc) is 2.00. The van der Waals surface area contributed by atoms with E-state index in [9.17, 15) is 13.2 Å². The zero-order valence-electron chi connectivity index (χ0n) is 8.98. The van der Waals surface area contributed by atoms with E-state index in [1.165, 1.54) is 4.90 Å². The monoisotopic (exact) mass is 247 g/mol. The fourth-order valence-electron chi connectivity index (χ4n) is 1.06. The first-order valence-electron chi connectivity index (χ1n) is 4.82. The maximum Gasteiger partial charge on any atom is 0.401 e. The Balaban J connectivity index is 3.83. The molecule has 0 bridgehead atoms. The van der Waals surface area contributed by atoms with Crippen LogP contribution in [0, 0.1) is 0 Å². The van der Waals surface area contributed by atoms with Crippen molar-refractivity contribution in [2.45, 2.75) is 26.1 Å². The van der Waals surface area contributed by atoms with Crippen molar-refractivity contribution < 1.29 is 17.9 Å². The number of nitrogens with zero attached hydrogens (tertiary/aromatic N) is 1. The van der Waals surface area contributed by atoms with Crippen LogP contribution < -0.4 is 0 Å². The van der Waals surface area contributed by atoms with E-state index in [2.05, 4.69) is 0 Å². The molecule has 0 spiro atoms. The topological polar surface area (TPSA) is 12.5 Å². The van der Waals surface area contributed by atoms with Crippen molar-refractivity contribution in [2.24, 2.45) is 0 Å². The van der Waals surface area contributed by atoms with Crippen LogP contribution in [-0.4, -0.2) is 49.3 Å². The maximum atomic E-state index is 12.1. The molecule has 92 valence electrons. The number of hydrogen-bond acceptors (Lipinski definition) is 2. The Kier molecular flexibility index (Phi) is 7.30. The molecule has 15 heavy (non-hydrogen) atoms. The molecule has 0 N–H and O–H groups in total. The van der Waals surface area contributed by atoms with Gasteiger partial charge in [0.2, 0.25) is 0 Å². The van der Waals surface area contributed by atoms with Crippen molar-refractivity contribution in [1.82, 2.24) is 4.90 Å². The highest BCUT2D eigenvalue weighted by atomic mass is 35.5. The third kappa shape index (κ3) is 10.3. The van der Waals surface area contributed by atoms with E-state index in [1.807, 2.05) is 13.8 Å². The Morgan fingerprint density at radius 2 is 1.87 bits per heavy atom. The largest absolute Gasteiger partial charge is 0.401 e. The standard InChI is InChI=1S/C9H17ClF3NO/c1-8(2)15-6-5-14(4-3-10)7-9(11,12)13/h8H,3-7H2,1-2H3. The van der Waals surface area contributed by atoms with Crippen LogP contribution in [0.25, 0.3) is 0 Å². The minimum Gasteiger partial charge on any atom is -0.377 e. The third-order valence-electron chi connectivity index (χ3n) is 1.66. The summed E-state index contributed by atoms with van der Waals surface area (Å²) in [6.07, 6.45) is -4.14. The summed E-state index contributed by atoms with van der Waals surface area (Å²) in [7, 11) is 0. The Morgan fingerprint density at radius 3 is 2.27 bits per heavy atom. The SMILES string of the molecule is CC(C)OCCN(CCCl)CC(F)(F)F. The van der Waals surface area contributed by atoms with Crippen molar-refractivity contribution in [2.75, 3.05) is 32.1 Å². The van der Waals surface area contributed by atoms with E-state index in [0.717, 1.165) is 0 Å². The Bertz CT molecular complexity index is 164. The molecule has 0 fully saturated rings. The Hall–Kier alpha value is -0.0000000000000000555.